The van der Waals surface area contributed by atoms with E-state index in [1.807, 2.05) is 25.1 Å². The number of methoxy groups -OCH3 is 1. The Balaban J connectivity index is 2.15. The maximum Gasteiger partial charge on any atom is 0.340 e. The van der Waals surface area contributed by atoms with E-state index in [1.165, 1.54) is 30.2 Å². The van der Waals surface area contributed by atoms with Gasteiger partial charge in [0.25, 0.3) is 5.91 Å². The van der Waals surface area contributed by atoms with E-state index >= 15 is 0 Å². The van der Waals surface area contributed by atoms with Crippen molar-refractivity contribution in [1.82, 2.24) is 0 Å². The smallest absolute Gasteiger partial charge is 0.340 e. The number of carbonyl (C=O) groups excluding carboxylic acids is 2. The third kappa shape index (κ3) is 3.16. The standard InChI is InChI=1S/C21H18FNO3/c1-13-6-4-9-17(10-13)23-14(2)19(21(25)26-3)18(20(23)24)12-15-7-5-8-16(22)11-15/h4-12H,1-3H3/b18-12-. The number of hydrogen-bond acceptors (Lipinski definition) is 3. The molecule has 3 rings (SSSR count). The highest BCUT2D eigenvalue weighted by molar-refractivity contribution is 6.23. The number of amides is 1. The molecule has 132 valence electrons. The van der Waals surface area contributed by atoms with E-state index in [1.54, 1.807) is 25.1 Å². The van der Waals surface area contributed by atoms with Crippen LogP contribution >= 0.6 is 0 Å². The van der Waals surface area contributed by atoms with Crippen LogP contribution in [0.15, 0.2) is 65.4 Å². The van der Waals surface area contributed by atoms with Crippen LogP contribution in [0.5, 0.6) is 0 Å². The van der Waals surface area contributed by atoms with Crippen molar-refractivity contribution in [3.63, 3.8) is 0 Å². The Labute approximate surface area is 151 Å². The molecule has 1 aliphatic rings. The number of anilines is 1. The molecule has 5 heteroatoms. The average molecular weight is 351 g/mol. The number of nitrogens with zero attached hydrogens (tertiary/aromatic N) is 1. The Bertz CT molecular complexity index is 959. The van der Waals surface area contributed by atoms with Crippen LogP contribution in [-0.4, -0.2) is 19.0 Å². The first kappa shape index (κ1) is 17.6. The minimum absolute atomic E-state index is 0.182. The summed E-state index contributed by atoms with van der Waals surface area (Å²) in [6.45, 7) is 3.62. The van der Waals surface area contributed by atoms with E-state index in [2.05, 4.69) is 0 Å². The summed E-state index contributed by atoms with van der Waals surface area (Å²) in [5, 5.41) is 0. The van der Waals surface area contributed by atoms with Crippen LogP contribution in [0, 0.1) is 12.7 Å². The first-order chi connectivity index (χ1) is 12.4. The summed E-state index contributed by atoms with van der Waals surface area (Å²) in [6, 6.07) is 13.3. The molecule has 0 aromatic heterocycles. The highest BCUT2D eigenvalue weighted by atomic mass is 19.1. The Morgan fingerprint density at radius 1 is 1.12 bits per heavy atom. The molecule has 26 heavy (non-hydrogen) atoms. The maximum absolute atomic E-state index is 13.5. The van der Waals surface area contributed by atoms with Gasteiger partial charge >= 0.3 is 5.97 Å². The van der Waals surface area contributed by atoms with Gasteiger partial charge in [0.2, 0.25) is 0 Å². The lowest BCUT2D eigenvalue weighted by atomic mass is 10.0. The summed E-state index contributed by atoms with van der Waals surface area (Å²) in [7, 11) is 1.27. The van der Waals surface area contributed by atoms with E-state index in [4.69, 9.17) is 4.74 Å². The lowest BCUT2D eigenvalue weighted by molar-refractivity contribution is -0.136. The number of benzene rings is 2. The first-order valence-corrected chi connectivity index (χ1v) is 8.10. The fourth-order valence-electron chi connectivity index (χ4n) is 3.02. The summed E-state index contributed by atoms with van der Waals surface area (Å²) in [5.74, 6) is -1.37. The zero-order valence-electron chi connectivity index (χ0n) is 14.7. The van der Waals surface area contributed by atoms with Crippen molar-refractivity contribution in [2.75, 3.05) is 12.0 Å². The Kier molecular flexibility index (Phi) is 4.71. The zero-order chi connectivity index (χ0) is 18.8. The number of hydrogen-bond donors (Lipinski definition) is 0. The van der Waals surface area contributed by atoms with Crippen molar-refractivity contribution in [2.45, 2.75) is 13.8 Å². The Morgan fingerprint density at radius 3 is 2.50 bits per heavy atom. The first-order valence-electron chi connectivity index (χ1n) is 8.10. The minimum Gasteiger partial charge on any atom is -0.465 e. The van der Waals surface area contributed by atoms with Crippen LogP contribution in [0.3, 0.4) is 0 Å². The quantitative estimate of drug-likeness (QED) is 0.620. The van der Waals surface area contributed by atoms with Crippen molar-refractivity contribution in [3.05, 3.63) is 82.3 Å². The molecule has 1 aliphatic heterocycles. The van der Waals surface area contributed by atoms with E-state index in [0.29, 0.717) is 16.9 Å². The highest BCUT2D eigenvalue weighted by Gasteiger charge is 2.37. The van der Waals surface area contributed by atoms with Crippen molar-refractivity contribution >= 4 is 23.6 Å². The molecule has 0 fully saturated rings. The average Bonchev–Trinajstić information content (AvgIpc) is 2.84. The van der Waals surface area contributed by atoms with Gasteiger partial charge < -0.3 is 4.74 Å². The molecule has 0 unspecified atom stereocenters. The van der Waals surface area contributed by atoms with Crippen LogP contribution in [0.4, 0.5) is 10.1 Å². The van der Waals surface area contributed by atoms with Gasteiger partial charge in [0.15, 0.2) is 0 Å². The lowest BCUT2D eigenvalue weighted by Gasteiger charge is -2.18. The predicted molar refractivity (Wildman–Crippen MR) is 97.8 cm³/mol. The van der Waals surface area contributed by atoms with Gasteiger partial charge in [-0.1, -0.05) is 24.3 Å². The number of allylic oxidation sites excluding steroid dienone is 1. The largest absolute Gasteiger partial charge is 0.465 e. The molecule has 0 bridgehead atoms. The highest BCUT2D eigenvalue weighted by Crippen LogP contribution is 2.35. The van der Waals surface area contributed by atoms with Gasteiger partial charge in [0.05, 0.1) is 18.3 Å². The number of carbonyl (C=O) groups is 2. The normalized spacial score (nSPS) is 15.8. The molecule has 0 radical (unpaired) electrons. The molecule has 1 heterocycles. The molecule has 0 saturated carbocycles. The van der Waals surface area contributed by atoms with Crippen LogP contribution in [0.25, 0.3) is 6.08 Å². The van der Waals surface area contributed by atoms with Gasteiger partial charge in [-0.05, 0) is 55.3 Å². The van der Waals surface area contributed by atoms with Crippen LogP contribution in [-0.2, 0) is 14.3 Å². The maximum atomic E-state index is 13.5. The van der Waals surface area contributed by atoms with E-state index < -0.39 is 11.8 Å². The molecule has 0 spiro atoms. The molecular formula is C21H18FNO3. The third-order valence-electron chi connectivity index (χ3n) is 4.21. The molecule has 0 saturated heterocycles. The second-order valence-corrected chi connectivity index (χ2v) is 6.04. The number of ether oxygens (including phenoxy) is 1. The van der Waals surface area contributed by atoms with E-state index in [-0.39, 0.29) is 17.1 Å². The molecule has 0 atom stereocenters. The van der Waals surface area contributed by atoms with Gasteiger partial charge in [-0.15, -0.1) is 0 Å². The zero-order valence-corrected chi connectivity index (χ0v) is 14.7. The van der Waals surface area contributed by atoms with Gasteiger partial charge in [-0.3, -0.25) is 9.69 Å². The number of rotatable bonds is 3. The van der Waals surface area contributed by atoms with Crippen molar-refractivity contribution in [2.24, 2.45) is 0 Å². The SMILES string of the molecule is COC(=O)C1=C(C)N(c2cccc(C)c2)C(=O)/C1=C\c1cccc(F)c1. The molecule has 0 N–H and O–H groups in total. The topological polar surface area (TPSA) is 46.6 Å². The fourth-order valence-corrected chi connectivity index (χ4v) is 3.02. The molecule has 1 amide bonds. The predicted octanol–water partition coefficient (Wildman–Crippen LogP) is 4.01. The van der Waals surface area contributed by atoms with Crippen LogP contribution < -0.4 is 4.90 Å². The van der Waals surface area contributed by atoms with E-state index in [0.717, 1.165) is 5.56 Å². The van der Waals surface area contributed by atoms with Gasteiger partial charge in [-0.2, -0.15) is 0 Å². The second-order valence-electron chi connectivity index (χ2n) is 6.04. The lowest BCUT2D eigenvalue weighted by Crippen LogP contribution is -2.24. The Hall–Kier alpha value is -3.21. The van der Waals surface area contributed by atoms with Gasteiger partial charge in [-0.25, -0.2) is 9.18 Å². The van der Waals surface area contributed by atoms with Crippen molar-refractivity contribution in [3.8, 4) is 0 Å². The molecule has 2 aromatic rings. The third-order valence-corrected chi connectivity index (χ3v) is 4.21. The Morgan fingerprint density at radius 2 is 1.85 bits per heavy atom. The van der Waals surface area contributed by atoms with E-state index in [9.17, 15) is 14.0 Å². The van der Waals surface area contributed by atoms with Gasteiger partial charge in [0.1, 0.15) is 5.82 Å². The summed E-state index contributed by atoms with van der Waals surface area (Å²) < 4.78 is 18.4. The summed E-state index contributed by atoms with van der Waals surface area (Å²) >= 11 is 0. The summed E-state index contributed by atoms with van der Waals surface area (Å²) in [6.07, 6.45) is 1.51. The fraction of sp³-hybridized carbons (Fsp3) is 0.143. The second kappa shape index (κ2) is 6.96. The minimum atomic E-state index is -0.603. The molecule has 4 nitrogen and oxygen atoms in total. The van der Waals surface area contributed by atoms with Gasteiger partial charge in [0, 0.05) is 11.4 Å². The van der Waals surface area contributed by atoms with Crippen molar-refractivity contribution in [1.29, 1.82) is 0 Å². The number of esters is 1. The number of aryl methyl sites for hydroxylation is 1. The monoisotopic (exact) mass is 351 g/mol. The molecule has 2 aromatic carbocycles. The number of halogens is 1. The molecule has 0 aliphatic carbocycles. The summed E-state index contributed by atoms with van der Waals surface area (Å²) in [4.78, 5) is 26.8. The van der Waals surface area contributed by atoms with Crippen LogP contribution in [0.1, 0.15) is 18.1 Å². The molecular weight excluding hydrogens is 333 g/mol. The summed E-state index contributed by atoms with van der Waals surface area (Å²) in [5.41, 5.74) is 3.00. The van der Waals surface area contributed by atoms with Crippen LogP contribution in [0.2, 0.25) is 0 Å². The van der Waals surface area contributed by atoms with Crippen molar-refractivity contribution < 1.29 is 18.7 Å².